The molecule has 1 fully saturated rings. The molecule has 0 bridgehead atoms. The number of carbonyl (C=O) groups excluding carboxylic acids is 1. The predicted octanol–water partition coefficient (Wildman–Crippen LogP) is 1.24. The van der Waals surface area contributed by atoms with Gasteiger partial charge in [0.2, 0.25) is 0 Å². The van der Waals surface area contributed by atoms with Gasteiger partial charge in [0.15, 0.2) is 0 Å². The first-order chi connectivity index (χ1) is 8.67. The van der Waals surface area contributed by atoms with E-state index < -0.39 is 0 Å². The van der Waals surface area contributed by atoms with Crippen molar-refractivity contribution in [3.63, 3.8) is 0 Å². The van der Waals surface area contributed by atoms with E-state index >= 15 is 0 Å². The average molecular weight is 252 g/mol. The molecule has 0 amide bonds. The molecule has 1 aliphatic carbocycles. The second-order valence-corrected chi connectivity index (χ2v) is 4.80. The molecule has 5 heteroatoms. The zero-order chi connectivity index (χ0) is 13.1. The summed E-state index contributed by atoms with van der Waals surface area (Å²) in [7, 11) is 3.38. The first kappa shape index (κ1) is 13.1. The minimum Gasteiger partial charge on any atom is -0.467 e. The van der Waals surface area contributed by atoms with Crippen molar-refractivity contribution in [2.75, 3.05) is 20.7 Å². The summed E-state index contributed by atoms with van der Waals surface area (Å²) in [4.78, 5) is 13.7. The molecule has 1 heterocycles. The van der Waals surface area contributed by atoms with Crippen molar-refractivity contribution in [2.24, 2.45) is 11.7 Å². The number of rotatable bonds is 6. The molecule has 2 rings (SSSR count). The number of esters is 1. The van der Waals surface area contributed by atoms with E-state index in [9.17, 15) is 4.79 Å². The summed E-state index contributed by atoms with van der Waals surface area (Å²) in [5, 5.41) is 0. The lowest BCUT2D eigenvalue weighted by Gasteiger charge is -2.26. The average Bonchev–Trinajstić information content (AvgIpc) is 3.09. The fraction of sp³-hybridized carbons (Fsp3) is 0.615. The highest BCUT2D eigenvalue weighted by atomic mass is 16.5. The molecule has 18 heavy (non-hydrogen) atoms. The van der Waals surface area contributed by atoms with Crippen LogP contribution < -0.4 is 5.73 Å². The second-order valence-electron chi connectivity index (χ2n) is 4.80. The normalized spacial score (nSPS) is 16.9. The third-order valence-corrected chi connectivity index (χ3v) is 3.52. The van der Waals surface area contributed by atoms with Gasteiger partial charge in [0.25, 0.3) is 0 Å². The lowest BCUT2D eigenvalue weighted by Crippen LogP contribution is -2.39. The van der Waals surface area contributed by atoms with E-state index in [0.29, 0.717) is 36.4 Å². The van der Waals surface area contributed by atoms with Gasteiger partial charge in [0.1, 0.15) is 11.3 Å². The minimum absolute atomic E-state index is 0.358. The van der Waals surface area contributed by atoms with Crippen LogP contribution >= 0.6 is 0 Å². The van der Waals surface area contributed by atoms with Crippen LogP contribution in [0.25, 0.3) is 0 Å². The lowest BCUT2D eigenvalue weighted by atomic mass is 10.1. The number of nitrogens with two attached hydrogens (primary N) is 1. The van der Waals surface area contributed by atoms with Gasteiger partial charge >= 0.3 is 5.97 Å². The van der Waals surface area contributed by atoms with Crippen LogP contribution in [0.2, 0.25) is 0 Å². The van der Waals surface area contributed by atoms with Crippen molar-refractivity contribution >= 4 is 5.97 Å². The molecular weight excluding hydrogens is 232 g/mol. The molecule has 1 aliphatic rings. The van der Waals surface area contributed by atoms with Crippen LogP contribution in [-0.2, 0) is 11.3 Å². The highest BCUT2D eigenvalue weighted by molar-refractivity contribution is 5.90. The molecule has 1 saturated carbocycles. The van der Waals surface area contributed by atoms with Gasteiger partial charge in [-0.25, -0.2) is 4.79 Å². The zero-order valence-corrected chi connectivity index (χ0v) is 10.9. The van der Waals surface area contributed by atoms with E-state index in [2.05, 4.69) is 4.90 Å². The monoisotopic (exact) mass is 252 g/mol. The van der Waals surface area contributed by atoms with Gasteiger partial charge in [0.05, 0.1) is 19.9 Å². The third-order valence-electron chi connectivity index (χ3n) is 3.52. The Hall–Kier alpha value is -1.33. The first-order valence-electron chi connectivity index (χ1n) is 6.22. The SMILES string of the molecule is COC(=O)c1ccoc1CN(C)C(CN)C1CC1. The van der Waals surface area contributed by atoms with E-state index in [1.807, 2.05) is 7.05 Å². The Labute approximate surface area is 107 Å². The van der Waals surface area contributed by atoms with E-state index in [1.165, 1.54) is 26.2 Å². The Kier molecular flexibility index (Phi) is 4.04. The van der Waals surface area contributed by atoms with E-state index in [0.717, 1.165) is 0 Å². The van der Waals surface area contributed by atoms with Crippen molar-refractivity contribution in [2.45, 2.75) is 25.4 Å². The van der Waals surface area contributed by atoms with Crippen LogP contribution in [-0.4, -0.2) is 37.6 Å². The summed E-state index contributed by atoms with van der Waals surface area (Å²) in [5.41, 5.74) is 6.30. The van der Waals surface area contributed by atoms with Crippen LogP contribution in [0.3, 0.4) is 0 Å². The van der Waals surface area contributed by atoms with Crippen LogP contribution in [0.4, 0.5) is 0 Å². The second kappa shape index (κ2) is 5.54. The van der Waals surface area contributed by atoms with E-state index in [4.69, 9.17) is 14.9 Å². The Morgan fingerprint density at radius 1 is 1.67 bits per heavy atom. The number of hydrogen-bond acceptors (Lipinski definition) is 5. The highest BCUT2D eigenvalue weighted by Crippen LogP contribution is 2.35. The molecule has 1 atom stereocenters. The summed E-state index contributed by atoms with van der Waals surface area (Å²) < 4.78 is 10.1. The topological polar surface area (TPSA) is 68.7 Å². The smallest absolute Gasteiger partial charge is 0.341 e. The first-order valence-corrected chi connectivity index (χ1v) is 6.22. The minimum atomic E-state index is -0.358. The number of hydrogen-bond donors (Lipinski definition) is 1. The molecule has 0 saturated heterocycles. The molecule has 5 nitrogen and oxygen atoms in total. The van der Waals surface area contributed by atoms with Crippen molar-refractivity contribution in [1.29, 1.82) is 0 Å². The van der Waals surface area contributed by atoms with Crippen molar-refractivity contribution in [1.82, 2.24) is 4.90 Å². The van der Waals surface area contributed by atoms with Crippen LogP contribution in [0, 0.1) is 5.92 Å². The molecule has 0 aromatic carbocycles. The lowest BCUT2D eigenvalue weighted by molar-refractivity contribution is 0.0596. The number of nitrogens with zero attached hydrogens (tertiary/aromatic N) is 1. The fourth-order valence-corrected chi connectivity index (χ4v) is 2.31. The largest absolute Gasteiger partial charge is 0.467 e. The standard InChI is InChI=1S/C13H20N2O3/c1-15(11(7-14)9-3-4-9)8-12-10(5-6-18-12)13(16)17-2/h5-6,9,11H,3-4,7-8,14H2,1-2H3. The number of methoxy groups -OCH3 is 1. The van der Waals surface area contributed by atoms with Crippen molar-refractivity contribution in [3.05, 3.63) is 23.7 Å². The highest BCUT2D eigenvalue weighted by Gasteiger charge is 2.33. The van der Waals surface area contributed by atoms with Gasteiger partial charge in [-0.1, -0.05) is 0 Å². The number of likely N-dealkylation sites (N-methyl/N-ethyl adjacent to an activating group) is 1. The number of ether oxygens (including phenoxy) is 1. The Morgan fingerprint density at radius 2 is 2.39 bits per heavy atom. The molecule has 1 aromatic heterocycles. The Balaban J connectivity index is 2.04. The van der Waals surface area contributed by atoms with Crippen molar-refractivity contribution in [3.8, 4) is 0 Å². The van der Waals surface area contributed by atoms with Crippen LogP contribution in [0.1, 0.15) is 29.0 Å². The maximum atomic E-state index is 11.5. The molecule has 0 radical (unpaired) electrons. The van der Waals surface area contributed by atoms with Gasteiger partial charge in [-0.05, 0) is 31.9 Å². The Bertz CT molecular complexity index is 412. The zero-order valence-electron chi connectivity index (χ0n) is 10.9. The number of furan rings is 1. The summed E-state index contributed by atoms with van der Waals surface area (Å²) >= 11 is 0. The van der Waals surface area contributed by atoms with E-state index in [1.54, 1.807) is 6.07 Å². The van der Waals surface area contributed by atoms with Gasteiger partial charge in [-0.3, -0.25) is 4.90 Å². The molecule has 2 N–H and O–H groups in total. The molecule has 1 aromatic rings. The van der Waals surface area contributed by atoms with Gasteiger partial charge in [0, 0.05) is 12.6 Å². The predicted molar refractivity (Wildman–Crippen MR) is 67.1 cm³/mol. The fourth-order valence-electron chi connectivity index (χ4n) is 2.31. The maximum Gasteiger partial charge on any atom is 0.341 e. The maximum absolute atomic E-state index is 11.5. The Morgan fingerprint density at radius 3 is 2.94 bits per heavy atom. The molecule has 1 unspecified atom stereocenters. The number of carbonyl (C=O) groups is 1. The molecule has 100 valence electrons. The van der Waals surface area contributed by atoms with Gasteiger partial charge in [-0.15, -0.1) is 0 Å². The van der Waals surface area contributed by atoms with Crippen LogP contribution in [0.15, 0.2) is 16.7 Å². The molecule has 0 aliphatic heterocycles. The third kappa shape index (κ3) is 2.73. The summed E-state index contributed by atoms with van der Waals surface area (Å²) in [6.45, 7) is 1.21. The summed E-state index contributed by atoms with van der Waals surface area (Å²) in [6.07, 6.45) is 4.01. The summed E-state index contributed by atoms with van der Waals surface area (Å²) in [5.74, 6) is 0.975. The summed E-state index contributed by atoms with van der Waals surface area (Å²) in [6, 6.07) is 2.00. The van der Waals surface area contributed by atoms with Crippen molar-refractivity contribution < 1.29 is 13.9 Å². The van der Waals surface area contributed by atoms with Gasteiger partial charge < -0.3 is 14.9 Å². The van der Waals surface area contributed by atoms with Gasteiger partial charge in [-0.2, -0.15) is 0 Å². The quantitative estimate of drug-likeness (QED) is 0.771. The van der Waals surface area contributed by atoms with E-state index in [-0.39, 0.29) is 5.97 Å². The van der Waals surface area contributed by atoms with Crippen LogP contribution in [0.5, 0.6) is 0 Å². The molecular formula is C13H20N2O3. The molecule has 0 spiro atoms.